The molecule has 3 aliphatic heterocycles. The fourth-order valence-corrected chi connectivity index (χ4v) is 12.0. The zero-order valence-electron chi connectivity index (χ0n) is 25.1. The molecule has 0 amide bonds. The first-order valence-electron chi connectivity index (χ1n) is 15.7. The summed E-state index contributed by atoms with van der Waals surface area (Å²) in [7, 11) is -7.71. The van der Waals surface area contributed by atoms with Crippen LogP contribution in [-0.2, 0) is 26.5 Å². The van der Waals surface area contributed by atoms with E-state index in [1.54, 1.807) is 71.0 Å². The van der Waals surface area contributed by atoms with Crippen LogP contribution in [0.15, 0.2) is 85.5 Å². The molecule has 3 aliphatic rings. The molecule has 3 saturated heterocycles. The molecule has 244 valence electrons. The lowest BCUT2D eigenvalue weighted by atomic mass is 9.70. The molecule has 0 saturated carbocycles. The number of halogens is 3. The normalized spacial score (nSPS) is 24.2. The summed E-state index contributed by atoms with van der Waals surface area (Å²) < 4.78 is 61.4. The third-order valence-corrected chi connectivity index (χ3v) is 14.9. The van der Waals surface area contributed by atoms with Crippen LogP contribution >= 0.6 is 43.5 Å². The van der Waals surface area contributed by atoms with Crippen LogP contribution in [0.25, 0.3) is 11.0 Å². The van der Waals surface area contributed by atoms with Gasteiger partial charge in [0, 0.05) is 39.0 Å². The Hall–Kier alpha value is -1.80. The lowest BCUT2D eigenvalue weighted by molar-refractivity contribution is -0.0523. The van der Waals surface area contributed by atoms with Crippen molar-refractivity contribution in [1.82, 2.24) is 18.2 Å². The number of piperidine rings is 3. The van der Waals surface area contributed by atoms with Crippen molar-refractivity contribution in [2.75, 3.05) is 19.6 Å². The van der Waals surface area contributed by atoms with Gasteiger partial charge in [-0.2, -0.15) is 4.31 Å². The Labute approximate surface area is 292 Å². The highest BCUT2D eigenvalue weighted by molar-refractivity contribution is 9.10. The monoisotopic (exact) mass is 808 g/mol. The van der Waals surface area contributed by atoms with E-state index in [9.17, 15) is 16.8 Å². The molecule has 0 radical (unpaired) electrons. The van der Waals surface area contributed by atoms with Gasteiger partial charge in [-0.05, 0) is 130 Å². The quantitative estimate of drug-likeness (QED) is 0.185. The summed E-state index contributed by atoms with van der Waals surface area (Å²) in [5, 5.41) is 0.477. The van der Waals surface area contributed by atoms with Gasteiger partial charge in [-0.25, -0.2) is 25.8 Å². The van der Waals surface area contributed by atoms with Crippen molar-refractivity contribution in [2.45, 2.75) is 66.8 Å². The number of imidazole rings is 1. The Balaban J connectivity index is 1.23. The van der Waals surface area contributed by atoms with Gasteiger partial charge >= 0.3 is 0 Å². The van der Waals surface area contributed by atoms with Crippen LogP contribution in [0.1, 0.15) is 44.3 Å². The van der Waals surface area contributed by atoms with Crippen LogP contribution in [0.5, 0.6) is 0 Å². The minimum absolute atomic E-state index is 0.163. The number of fused-ring (bicyclic) bond motifs is 1. The highest BCUT2D eigenvalue weighted by Crippen LogP contribution is 2.45. The standard InChI is InChI=1S/C33H35Br2ClN4O4S2/c34-23-8-13-26(14-9-23)45(41,42)39-21-22-4-2-18-38-19-3-5-28(33(22)38)30(39)6-1-7-32-37-29-20-25(36)12-17-31(29)40(32)46(43,44)27-15-10-24(35)11-16-27/h8-17,20,22,28,30,33H,1-7,18-19,21H2/t22-,28+,30+,33-/m0/s1. The molecule has 8 nitrogen and oxygen atoms in total. The Morgan fingerprint density at radius 1 is 0.826 bits per heavy atom. The van der Waals surface area contributed by atoms with Gasteiger partial charge in [-0.15, -0.1) is 0 Å². The van der Waals surface area contributed by atoms with E-state index in [2.05, 4.69) is 36.8 Å². The van der Waals surface area contributed by atoms with Crippen LogP contribution in [0.2, 0.25) is 5.02 Å². The predicted octanol–water partition coefficient (Wildman–Crippen LogP) is 7.34. The maximum atomic E-state index is 14.3. The maximum absolute atomic E-state index is 14.3. The largest absolute Gasteiger partial charge is 0.300 e. The molecule has 1 aromatic heterocycles. The molecule has 3 aromatic carbocycles. The number of aromatic nitrogens is 2. The van der Waals surface area contributed by atoms with E-state index in [0.717, 1.165) is 47.7 Å². The summed E-state index contributed by atoms with van der Waals surface area (Å²) >= 11 is 13.1. The Morgan fingerprint density at radius 2 is 1.46 bits per heavy atom. The van der Waals surface area contributed by atoms with Gasteiger partial charge in [0.2, 0.25) is 10.0 Å². The van der Waals surface area contributed by atoms with E-state index >= 15 is 0 Å². The zero-order chi connectivity index (χ0) is 32.2. The highest BCUT2D eigenvalue weighted by Gasteiger charge is 2.51. The second-order valence-corrected chi connectivity index (χ2v) is 18.6. The predicted molar refractivity (Wildman–Crippen MR) is 187 cm³/mol. The molecule has 3 fully saturated rings. The number of benzene rings is 3. The smallest absolute Gasteiger partial charge is 0.269 e. The molecule has 0 spiro atoms. The third kappa shape index (κ3) is 6.01. The number of rotatable bonds is 8. The maximum Gasteiger partial charge on any atom is 0.269 e. The average molecular weight is 811 g/mol. The second-order valence-electron chi connectivity index (χ2n) is 12.6. The summed E-state index contributed by atoms with van der Waals surface area (Å²) in [5.41, 5.74) is 0.973. The van der Waals surface area contributed by atoms with Gasteiger partial charge in [0.05, 0.1) is 20.8 Å². The van der Waals surface area contributed by atoms with Crippen molar-refractivity contribution in [1.29, 1.82) is 0 Å². The molecule has 0 unspecified atom stereocenters. The van der Waals surface area contributed by atoms with Crippen molar-refractivity contribution in [2.24, 2.45) is 11.8 Å². The second kappa shape index (κ2) is 12.9. The molecule has 4 atom stereocenters. The Bertz CT molecular complexity index is 1970. The van der Waals surface area contributed by atoms with Gasteiger partial charge in [-0.1, -0.05) is 43.5 Å². The van der Waals surface area contributed by atoms with Crippen LogP contribution < -0.4 is 0 Å². The lowest BCUT2D eigenvalue weighted by Gasteiger charge is -2.57. The lowest BCUT2D eigenvalue weighted by Crippen LogP contribution is -2.65. The molecular formula is C33H35Br2ClN4O4S2. The minimum Gasteiger partial charge on any atom is -0.300 e. The van der Waals surface area contributed by atoms with Crippen LogP contribution in [0.3, 0.4) is 0 Å². The number of aryl methyl sites for hydroxylation is 1. The molecule has 0 N–H and O–H groups in total. The van der Waals surface area contributed by atoms with Crippen LogP contribution in [-0.4, -0.2) is 66.7 Å². The fraction of sp³-hybridized carbons (Fsp3) is 0.424. The SMILES string of the molecule is O=S(=O)(c1ccc(Br)cc1)N1C[C@@H]2CCCN3CCC[C@@H]([C@H]23)[C@H]1CCCc1nc2cc(Cl)ccc2n1S(=O)(=O)c1ccc(Br)cc1. The highest BCUT2D eigenvalue weighted by atomic mass is 79.9. The molecule has 4 aromatic rings. The molecule has 7 rings (SSSR count). The number of hydrogen-bond acceptors (Lipinski definition) is 6. The Morgan fingerprint density at radius 3 is 2.13 bits per heavy atom. The van der Waals surface area contributed by atoms with E-state index < -0.39 is 20.0 Å². The number of hydrogen-bond donors (Lipinski definition) is 0. The van der Waals surface area contributed by atoms with Gasteiger partial charge in [0.1, 0.15) is 5.82 Å². The molecule has 13 heteroatoms. The third-order valence-electron chi connectivity index (χ3n) is 9.94. The summed E-state index contributed by atoms with van der Waals surface area (Å²) in [6, 6.07) is 18.7. The van der Waals surface area contributed by atoms with E-state index in [0.29, 0.717) is 64.5 Å². The van der Waals surface area contributed by atoms with Crippen LogP contribution in [0, 0.1) is 11.8 Å². The van der Waals surface area contributed by atoms with Gasteiger partial charge in [0.15, 0.2) is 0 Å². The van der Waals surface area contributed by atoms with Crippen LogP contribution in [0.4, 0.5) is 0 Å². The van der Waals surface area contributed by atoms with E-state index in [-0.39, 0.29) is 16.9 Å². The molecule has 4 heterocycles. The number of nitrogens with zero attached hydrogens (tertiary/aromatic N) is 4. The average Bonchev–Trinajstić information content (AvgIpc) is 3.40. The topological polar surface area (TPSA) is 92.6 Å². The molecular weight excluding hydrogens is 776 g/mol. The fourth-order valence-electron chi connectivity index (χ4n) is 8.02. The van der Waals surface area contributed by atoms with Gasteiger partial charge < -0.3 is 0 Å². The minimum atomic E-state index is -3.97. The molecule has 0 aliphatic carbocycles. The first kappa shape index (κ1) is 32.7. The van der Waals surface area contributed by atoms with Gasteiger partial charge in [-0.3, -0.25) is 4.90 Å². The summed E-state index contributed by atoms with van der Waals surface area (Å²) in [6.45, 7) is 2.66. The van der Waals surface area contributed by atoms with Crippen molar-refractivity contribution >= 4 is 74.5 Å². The Kier molecular flexibility index (Phi) is 9.19. The zero-order valence-corrected chi connectivity index (χ0v) is 30.7. The first-order valence-corrected chi connectivity index (χ1v) is 20.6. The first-order chi connectivity index (χ1) is 22.0. The van der Waals surface area contributed by atoms with E-state index in [4.69, 9.17) is 16.6 Å². The van der Waals surface area contributed by atoms with Gasteiger partial charge in [0.25, 0.3) is 10.0 Å². The van der Waals surface area contributed by atoms with E-state index in [1.165, 1.54) is 3.97 Å². The molecule has 0 bridgehead atoms. The van der Waals surface area contributed by atoms with Crippen molar-refractivity contribution in [3.05, 3.63) is 86.5 Å². The number of sulfonamides is 1. The summed E-state index contributed by atoms with van der Waals surface area (Å²) in [5.74, 6) is 0.951. The summed E-state index contributed by atoms with van der Waals surface area (Å²) in [4.78, 5) is 7.84. The van der Waals surface area contributed by atoms with E-state index in [1.807, 2.05) is 0 Å². The summed E-state index contributed by atoms with van der Waals surface area (Å²) in [6.07, 6.45) is 5.74. The van der Waals surface area contributed by atoms with Crippen molar-refractivity contribution in [3.8, 4) is 0 Å². The van der Waals surface area contributed by atoms with Crippen molar-refractivity contribution < 1.29 is 16.8 Å². The van der Waals surface area contributed by atoms with Crippen molar-refractivity contribution in [3.63, 3.8) is 0 Å². The molecule has 46 heavy (non-hydrogen) atoms.